The van der Waals surface area contributed by atoms with E-state index in [9.17, 15) is 23.3 Å². The van der Waals surface area contributed by atoms with Crippen LogP contribution in [0.2, 0.25) is 0 Å². The predicted molar refractivity (Wildman–Crippen MR) is 112 cm³/mol. The van der Waals surface area contributed by atoms with E-state index in [1.54, 1.807) is 31.2 Å². The maximum atomic E-state index is 13.5. The molecule has 2 aromatic rings. The Bertz CT molecular complexity index is 959. The lowest BCUT2D eigenvalue weighted by atomic mass is 10.0. The third-order valence-corrected chi connectivity index (χ3v) is 6.31. The summed E-state index contributed by atoms with van der Waals surface area (Å²) in [6.45, 7) is 5.55. The van der Waals surface area contributed by atoms with Gasteiger partial charge in [-0.25, -0.2) is 8.42 Å². The van der Waals surface area contributed by atoms with E-state index in [4.69, 9.17) is 4.74 Å². The molecule has 2 aromatic carbocycles. The molecule has 0 radical (unpaired) electrons. The van der Waals surface area contributed by atoms with Gasteiger partial charge in [0.25, 0.3) is 5.69 Å². The molecule has 0 aromatic heterocycles. The van der Waals surface area contributed by atoms with Gasteiger partial charge >= 0.3 is 5.97 Å². The Morgan fingerprint density at radius 2 is 1.70 bits per heavy atom. The van der Waals surface area contributed by atoms with Crippen LogP contribution in [0.4, 0.5) is 5.69 Å². The number of nitro benzene ring substituents is 1. The van der Waals surface area contributed by atoms with Crippen molar-refractivity contribution in [2.45, 2.75) is 44.7 Å². The Balaban J connectivity index is 2.54. The summed E-state index contributed by atoms with van der Waals surface area (Å²) in [7, 11) is -4.14. The number of carbonyl (C=O) groups is 1. The van der Waals surface area contributed by atoms with E-state index >= 15 is 0 Å². The second-order valence-corrected chi connectivity index (χ2v) is 9.07. The van der Waals surface area contributed by atoms with Gasteiger partial charge in [-0.05, 0) is 37.0 Å². The maximum absolute atomic E-state index is 13.5. The van der Waals surface area contributed by atoms with Gasteiger partial charge in [-0.3, -0.25) is 14.9 Å². The van der Waals surface area contributed by atoms with Crippen LogP contribution in [0.5, 0.6) is 0 Å². The highest BCUT2D eigenvalue weighted by atomic mass is 32.2. The fourth-order valence-corrected chi connectivity index (χ4v) is 4.59. The average Bonchev–Trinajstić information content (AvgIpc) is 2.71. The van der Waals surface area contributed by atoms with Crippen LogP contribution < -0.4 is 0 Å². The van der Waals surface area contributed by atoms with Crippen molar-refractivity contribution in [2.75, 3.05) is 6.61 Å². The summed E-state index contributed by atoms with van der Waals surface area (Å²) in [4.78, 5) is 22.9. The summed E-state index contributed by atoms with van der Waals surface area (Å²) >= 11 is 0. The molecule has 0 aliphatic rings. The molecule has 0 aliphatic carbocycles. The number of sulfonamides is 1. The fraction of sp³-hybridized carbons (Fsp3) is 0.381. The quantitative estimate of drug-likeness (QED) is 0.320. The fourth-order valence-electron chi connectivity index (χ4n) is 3.02. The highest BCUT2D eigenvalue weighted by Crippen LogP contribution is 2.26. The average molecular weight is 435 g/mol. The van der Waals surface area contributed by atoms with Gasteiger partial charge in [0.15, 0.2) is 0 Å². The molecule has 0 fully saturated rings. The van der Waals surface area contributed by atoms with Crippen molar-refractivity contribution >= 4 is 21.7 Å². The second kappa shape index (κ2) is 10.3. The molecular formula is C21H26N2O6S. The van der Waals surface area contributed by atoms with Crippen LogP contribution in [0.1, 0.15) is 32.8 Å². The lowest BCUT2D eigenvalue weighted by molar-refractivity contribution is -0.384. The number of benzene rings is 2. The molecule has 0 spiro atoms. The highest BCUT2D eigenvalue weighted by Gasteiger charge is 2.37. The van der Waals surface area contributed by atoms with Crippen molar-refractivity contribution in [1.29, 1.82) is 0 Å². The molecule has 0 amide bonds. The van der Waals surface area contributed by atoms with Crippen molar-refractivity contribution < 1.29 is 22.9 Å². The molecule has 1 atom stereocenters. The number of esters is 1. The van der Waals surface area contributed by atoms with Gasteiger partial charge < -0.3 is 4.74 Å². The van der Waals surface area contributed by atoms with E-state index in [0.29, 0.717) is 5.56 Å². The predicted octanol–water partition coefficient (Wildman–Crippen LogP) is 3.76. The molecule has 0 N–H and O–H groups in total. The van der Waals surface area contributed by atoms with E-state index in [1.807, 2.05) is 19.9 Å². The summed E-state index contributed by atoms with van der Waals surface area (Å²) in [5.74, 6) is -0.586. The van der Waals surface area contributed by atoms with Crippen LogP contribution in [-0.4, -0.2) is 36.3 Å². The monoisotopic (exact) mass is 434 g/mol. The molecule has 162 valence electrons. The third-order valence-electron chi connectivity index (χ3n) is 4.44. The number of nitro groups is 1. The van der Waals surface area contributed by atoms with Crippen LogP contribution in [0.15, 0.2) is 59.5 Å². The van der Waals surface area contributed by atoms with Gasteiger partial charge in [-0.15, -0.1) is 0 Å². The van der Waals surface area contributed by atoms with Crippen molar-refractivity contribution in [3.05, 3.63) is 70.3 Å². The number of hydrogen-bond donors (Lipinski definition) is 0. The Kier molecular flexibility index (Phi) is 8.08. The third kappa shape index (κ3) is 5.87. The van der Waals surface area contributed by atoms with Crippen molar-refractivity contribution in [3.63, 3.8) is 0 Å². The van der Waals surface area contributed by atoms with E-state index in [2.05, 4.69) is 0 Å². The van der Waals surface area contributed by atoms with Crippen LogP contribution in [-0.2, 0) is 26.1 Å². The lowest BCUT2D eigenvalue weighted by Crippen LogP contribution is -2.46. The van der Waals surface area contributed by atoms with Crippen LogP contribution >= 0.6 is 0 Å². The first kappa shape index (κ1) is 23.5. The zero-order valence-corrected chi connectivity index (χ0v) is 18.0. The molecule has 2 rings (SSSR count). The second-order valence-electron chi connectivity index (χ2n) is 7.18. The van der Waals surface area contributed by atoms with Gasteiger partial charge in [0.2, 0.25) is 10.0 Å². The molecule has 0 unspecified atom stereocenters. The molecule has 0 saturated heterocycles. The first-order chi connectivity index (χ1) is 14.2. The van der Waals surface area contributed by atoms with Crippen LogP contribution in [0, 0.1) is 16.0 Å². The summed E-state index contributed by atoms with van der Waals surface area (Å²) in [5.41, 5.74) is 0.494. The highest BCUT2D eigenvalue weighted by molar-refractivity contribution is 7.89. The topological polar surface area (TPSA) is 107 Å². The number of carbonyl (C=O) groups excluding carboxylic acids is 1. The van der Waals surface area contributed by atoms with E-state index in [-0.39, 0.29) is 36.1 Å². The van der Waals surface area contributed by atoms with Crippen LogP contribution in [0.3, 0.4) is 0 Å². The SMILES string of the molecule is CCOC(=O)[C@H](CC(C)C)N(Cc1ccccc1)S(=O)(=O)c1ccc([N+](=O)[O-])cc1. The first-order valence-electron chi connectivity index (χ1n) is 9.63. The largest absolute Gasteiger partial charge is 0.465 e. The summed E-state index contributed by atoms with van der Waals surface area (Å²) in [5, 5.41) is 10.9. The molecule has 0 bridgehead atoms. The number of non-ortho nitro benzene ring substituents is 1. The molecule has 30 heavy (non-hydrogen) atoms. The van der Waals surface area contributed by atoms with E-state index in [0.717, 1.165) is 16.4 Å². The molecule has 0 aliphatic heterocycles. The summed E-state index contributed by atoms with van der Waals surface area (Å²) in [6, 6.07) is 12.5. The Morgan fingerprint density at radius 1 is 1.10 bits per heavy atom. The summed E-state index contributed by atoms with van der Waals surface area (Å²) < 4.78 is 33.3. The van der Waals surface area contributed by atoms with E-state index < -0.39 is 27.0 Å². The van der Waals surface area contributed by atoms with Gasteiger partial charge in [-0.1, -0.05) is 44.2 Å². The normalized spacial score (nSPS) is 12.7. The maximum Gasteiger partial charge on any atom is 0.324 e. The number of nitrogens with zero attached hydrogens (tertiary/aromatic N) is 2. The number of ether oxygens (including phenoxy) is 1. The molecule has 9 heteroatoms. The minimum absolute atomic E-state index is 0.0314. The van der Waals surface area contributed by atoms with Gasteiger partial charge in [0.1, 0.15) is 6.04 Å². The van der Waals surface area contributed by atoms with Gasteiger partial charge in [0.05, 0.1) is 16.4 Å². The van der Waals surface area contributed by atoms with Gasteiger partial charge in [0, 0.05) is 18.7 Å². The van der Waals surface area contributed by atoms with Crippen molar-refractivity contribution in [1.82, 2.24) is 4.31 Å². The zero-order chi connectivity index (χ0) is 22.3. The minimum atomic E-state index is -4.14. The zero-order valence-electron chi connectivity index (χ0n) is 17.2. The molecular weight excluding hydrogens is 408 g/mol. The smallest absolute Gasteiger partial charge is 0.324 e. The molecule has 0 saturated carbocycles. The standard InChI is InChI=1S/C21H26N2O6S/c1-4-29-21(24)20(14-16(2)3)22(15-17-8-6-5-7-9-17)30(27,28)19-12-10-18(11-13-19)23(25)26/h5-13,16,20H,4,14-15H2,1-3H3/t20-/m0/s1. The Hall–Kier alpha value is -2.78. The molecule has 8 nitrogen and oxygen atoms in total. The first-order valence-corrected chi connectivity index (χ1v) is 11.1. The number of rotatable bonds is 10. The van der Waals surface area contributed by atoms with Crippen molar-refractivity contribution in [3.8, 4) is 0 Å². The lowest BCUT2D eigenvalue weighted by Gasteiger charge is -2.30. The molecule has 0 heterocycles. The van der Waals surface area contributed by atoms with Crippen molar-refractivity contribution in [2.24, 2.45) is 5.92 Å². The number of hydrogen-bond acceptors (Lipinski definition) is 6. The van der Waals surface area contributed by atoms with Gasteiger partial charge in [-0.2, -0.15) is 4.31 Å². The summed E-state index contributed by atoms with van der Waals surface area (Å²) in [6.07, 6.45) is 0.276. The Morgan fingerprint density at radius 3 is 2.20 bits per heavy atom. The minimum Gasteiger partial charge on any atom is -0.465 e. The Labute approximate surface area is 176 Å². The van der Waals surface area contributed by atoms with Crippen LogP contribution in [0.25, 0.3) is 0 Å². The van der Waals surface area contributed by atoms with E-state index in [1.165, 1.54) is 12.1 Å².